The minimum Gasteiger partial charge on any atom is -0.480 e. The molecule has 0 radical (unpaired) electrons. The molecule has 1 fully saturated rings. The number of benzene rings is 1. The van der Waals surface area contributed by atoms with E-state index in [9.17, 15) is 9.59 Å². The summed E-state index contributed by atoms with van der Waals surface area (Å²) in [4.78, 5) is 24.6. The van der Waals surface area contributed by atoms with E-state index < -0.39 is 18.0 Å². The third kappa shape index (κ3) is 3.07. The SMILES string of the molecule is Cc1cc(Br)c(NC(=O)N2CCC[C@@H]2C(=O)O)cc1Cl. The first-order valence-corrected chi connectivity index (χ1v) is 7.33. The number of carboxylic acid groups (broad SMARTS) is 1. The maximum Gasteiger partial charge on any atom is 0.326 e. The van der Waals surface area contributed by atoms with Gasteiger partial charge in [-0.1, -0.05) is 11.6 Å². The molecule has 1 aliphatic rings. The number of aliphatic carboxylic acids is 1. The monoisotopic (exact) mass is 360 g/mol. The zero-order valence-corrected chi connectivity index (χ0v) is 13.2. The molecule has 1 atom stereocenters. The second kappa shape index (κ2) is 6.01. The van der Waals surface area contributed by atoms with Crippen LogP contribution in [0.25, 0.3) is 0 Å². The van der Waals surface area contributed by atoms with Crippen molar-refractivity contribution in [2.75, 3.05) is 11.9 Å². The fourth-order valence-corrected chi connectivity index (χ4v) is 2.92. The van der Waals surface area contributed by atoms with Gasteiger partial charge in [0, 0.05) is 16.0 Å². The molecule has 1 aromatic rings. The van der Waals surface area contributed by atoms with E-state index in [0.717, 1.165) is 5.56 Å². The summed E-state index contributed by atoms with van der Waals surface area (Å²) in [6.07, 6.45) is 1.18. The van der Waals surface area contributed by atoms with Gasteiger partial charge in [-0.2, -0.15) is 0 Å². The van der Waals surface area contributed by atoms with E-state index >= 15 is 0 Å². The number of nitrogens with zero attached hydrogens (tertiary/aromatic N) is 1. The zero-order chi connectivity index (χ0) is 14.9. The number of anilines is 1. The van der Waals surface area contributed by atoms with Gasteiger partial charge in [0.25, 0.3) is 0 Å². The summed E-state index contributed by atoms with van der Waals surface area (Å²) in [5.41, 5.74) is 1.42. The van der Waals surface area contributed by atoms with Crippen LogP contribution in [0.4, 0.5) is 10.5 Å². The van der Waals surface area contributed by atoms with Crippen molar-refractivity contribution in [2.45, 2.75) is 25.8 Å². The highest BCUT2D eigenvalue weighted by Crippen LogP contribution is 2.30. The number of hydrogen-bond acceptors (Lipinski definition) is 2. The van der Waals surface area contributed by atoms with Crippen LogP contribution in [0.3, 0.4) is 0 Å². The molecule has 1 heterocycles. The first-order valence-electron chi connectivity index (χ1n) is 6.16. The number of aryl methyl sites for hydroxylation is 1. The molecular weight excluding hydrogens is 348 g/mol. The van der Waals surface area contributed by atoms with Crippen molar-refractivity contribution in [1.82, 2.24) is 4.90 Å². The van der Waals surface area contributed by atoms with E-state index in [1.54, 1.807) is 12.1 Å². The number of nitrogens with one attached hydrogen (secondary N) is 1. The highest BCUT2D eigenvalue weighted by Gasteiger charge is 2.34. The largest absolute Gasteiger partial charge is 0.480 e. The zero-order valence-electron chi connectivity index (χ0n) is 10.8. The Morgan fingerprint density at radius 2 is 2.20 bits per heavy atom. The van der Waals surface area contributed by atoms with Crippen LogP contribution in [0.5, 0.6) is 0 Å². The molecular formula is C13H14BrClN2O3. The smallest absolute Gasteiger partial charge is 0.326 e. The summed E-state index contributed by atoms with van der Waals surface area (Å²) in [5.74, 6) is -0.973. The van der Waals surface area contributed by atoms with Crippen LogP contribution in [0, 0.1) is 6.92 Å². The molecule has 0 aliphatic carbocycles. The summed E-state index contributed by atoms with van der Waals surface area (Å²) < 4.78 is 0.707. The number of urea groups is 1. The Kier molecular flexibility index (Phi) is 4.55. The molecule has 0 bridgehead atoms. The number of carbonyl (C=O) groups is 2. The third-order valence-corrected chi connectivity index (χ3v) is 4.35. The molecule has 0 aromatic heterocycles. The molecule has 1 aliphatic heterocycles. The van der Waals surface area contributed by atoms with E-state index in [4.69, 9.17) is 16.7 Å². The van der Waals surface area contributed by atoms with Crippen LogP contribution in [-0.2, 0) is 4.79 Å². The van der Waals surface area contributed by atoms with Crippen LogP contribution in [-0.4, -0.2) is 34.6 Å². The Labute approximate surface area is 130 Å². The summed E-state index contributed by atoms with van der Waals surface area (Å²) in [5, 5.41) is 12.3. The van der Waals surface area contributed by atoms with Crippen molar-refractivity contribution in [2.24, 2.45) is 0 Å². The molecule has 5 nitrogen and oxygen atoms in total. The number of carbonyl (C=O) groups excluding carboxylic acids is 1. The summed E-state index contributed by atoms with van der Waals surface area (Å²) >= 11 is 9.38. The average Bonchev–Trinajstić information content (AvgIpc) is 2.85. The van der Waals surface area contributed by atoms with Crippen LogP contribution < -0.4 is 5.32 Å². The molecule has 0 saturated carbocycles. The lowest BCUT2D eigenvalue weighted by Gasteiger charge is -2.22. The molecule has 0 spiro atoms. The number of halogens is 2. The van der Waals surface area contributed by atoms with Crippen LogP contribution in [0.2, 0.25) is 5.02 Å². The first kappa shape index (κ1) is 15.1. The van der Waals surface area contributed by atoms with Gasteiger partial charge in [0.15, 0.2) is 0 Å². The number of carboxylic acids is 1. The molecule has 2 N–H and O–H groups in total. The van der Waals surface area contributed by atoms with E-state index in [2.05, 4.69) is 21.2 Å². The molecule has 108 valence electrons. The van der Waals surface area contributed by atoms with Gasteiger partial charge in [-0.05, 0) is 53.4 Å². The van der Waals surface area contributed by atoms with Crippen molar-refractivity contribution in [3.05, 3.63) is 27.2 Å². The van der Waals surface area contributed by atoms with Crippen molar-refractivity contribution in [3.63, 3.8) is 0 Å². The fourth-order valence-electron chi connectivity index (χ4n) is 2.20. The molecule has 1 aromatic carbocycles. The Balaban J connectivity index is 2.16. The lowest BCUT2D eigenvalue weighted by Crippen LogP contribution is -2.42. The molecule has 1 saturated heterocycles. The Morgan fingerprint density at radius 3 is 2.85 bits per heavy atom. The lowest BCUT2D eigenvalue weighted by atomic mass is 10.2. The van der Waals surface area contributed by atoms with Gasteiger partial charge in [0.1, 0.15) is 6.04 Å². The van der Waals surface area contributed by atoms with E-state index in [-0.39, 0.29) is 0 Å². The summed E-state index contributed by atoms with van der Waals surface area (Å²) in [6, 6.07) is 2.27. The van der Waals surface area contributed by atoms with E-state index in [1.165, 1.54) is 4.90 Å². The van der Waals surface area contributed by atoms with Gasteiger partial charge in [0.05, 0.1) is 5.69 Å². The third-order valence-electron chi connectivity index (χ3n) is 3.29. The second-order valence-corrected chi connectivity index (χ2v) is 5.96. The van der Waals surface area contributed by atoms with Crippen LogP contribution in [0.15, 0.2) is 16.6 Å². The summed E-state index contributed by atoms with van der Waals surface area (Å²) in [6.45, 7) is 2.31. The molecule has 0 unspecified atom stereocenters. The normalized spacial score (nSPS) is 18.1. The van der Waals surface area contributed by atoms with Crippen molar-refractivity contribution in [1.29, 1.82) is 0 Å². The maximum atomic E-state index is 12.2. The lowest BCUT2D eigenvalue weighted by molar-refractivity contribution is -0.141. The molecule has 2 amide bonds. The highest BCUT2D eigenvalue weighted by atomic mass is 79.9. The van der Waals surface area contributed by atoms with Crippen molar-refractivity contribution in [3.8, 4) is 0 Å². The first-order chi connectivity index (χ1) is 9.40. The van der Waals surface area contributed by atoms with Crippen LogP contribution >= 0.6 is 27.5 Å². The molecule has 2 rings (SSSR count). The van der Waals surface area contributed by atoms with E-state index in [1.807, 2.05) is 6.92 Å². The average molecular weight is 362 g/mol. The number of hydrogen-bond donors (Lipinski definition) is 2. The highest BCUT2D eigenvalue weighted by molar-refractivity contribution is 9.10. The number of amides is 2. The minimum absolute atomic E-state index is 0.421. The summed E-state index contributed by atoms with van der Waals surface area (Å²) in [7, 11) is 0. The number of rotatable bonds is 2. The van der Waals surface area contributed by atoms with Gasteiger partial charge in [0.2, 0.25) is 0 Å². The van der Waals surface area contributed by atoms with Crippen molar-refractivity contribution < 1.29 is 14.7 Å². The predicted octanol–water partition coefficient (Wildman–Crippen LogP) is 3.49. The Morgan fingerprint density at radius 1 is 1.50 bits per heavy atom. The van der Waals surface area contributed by atoms with Gasteiger partial charge in [-0.25, -0.2) is 9.59 Å². The Bertz CT molecular complexity index is 565. The maximum absolute atomic E-state index is 12.2. The molecule has 7 heteroatoms. The fraction of sp³-hybridized carbons (Fsp3) is 0.385. The van der Waals surface area contributed by atoms with Gasteiger partial charge in [-0.3, -0.25) is 0 Å². The quantitative estimate of drug-likeness (QED) is 0.847. The predicted molar refractivity (Wildman–Crippen MR) is 80.3 cm³/mol. The van der Waals surface area contributed by atoms with Crippen molar-refractivity contribution >= 4 is 45.2 Å². The van der Waals surface area contributed by atoms with Gasteiger partial charge in [-0.15, -0.1) is 0 Å². The van der Waals surface area contributed by atoms with Gasteiger partial charge >= 0.3 is 12.0 Å². The van der Waals surface area contributed by atoms with Crippen LogP contribution in [0.1, 0.15) is 18.4 Å². The second-order valence-electron chi connectivity index (χ2n) is 4.70. The van der Waals surface area contributed by atoms with E-state index in [0.29, 0.717) is 34.6 Å². The standard InChI is InChI=1S/C13H14BrClN2O3/c1-7-5-8(14)10(6-9(7)15)16-13(20)17-4-2-3-11(17)12(18)19/h5-6,11H,2-4H2,1H3,(H,16,20)(H,18,19)/t11-/m1/s1. The number of likely N-dealkylation sites (tertiary alicyclic amines) is 1. The Hall–Kier alpha value is -1.27. The minimum atomic E-state index is -0.973. The topological polar surface area (TPSA) is 69.6 Å². The molecule has 20 heavy (non-hydrogen) atoms. The van der Waals surface area contributed by atoms with Gasteiger partial charge < -0.3 is 15.3 Å².